The number of carbonyl (C=O) groups is 1. The van der Waals surface area contributed by atoms with Gasteiger partial charge in [0.25, 0.3) is 0 Å². The number of carbonyl (C=O) groups excluding carboxylic acids is 1. The number of hydrogen-bond donors (Lipinski definition) is 0. The van der Waals surface area contributed by atoms with E-state index in [1.165, 1.54) is 36.1 Å². The molecule has 0 bridgehead atoms. The Kier molecular flexibility index (Phi) is 4.89. The first-order chi connectivity index (χ1) is 15.4. The van der Waals surface area contributed by atoms with Crippen LogP contribution in [0.2, 0.25) is 0 Å². The minimum Gasteiger partial charge on any atom is -0.462 e. The number of benzene rings is 1. The standard InChI is InChI=1S/C27H38N2O3/c1-18-5-6-20(13-19(18)2)29-11-9-28(10-12-29)16-22-21-14-24-26(3,15-23(21)32-25(22)30)7-4-8-27(24)17-31-27/h5-6,13,21-24H,4,7-12,14-17H2,1-3H3/t21-,22+,23-,24+,26-,27+/m1/s1. The van der Waals surface area contributed by atoms with Crippen LogP contribution in [-0.4, -0.2) is 61.9 Å². The van der Waals surface area contributed by atoms with Gasteiger partial charge in [-0.2, -0.15) is 0 Å². The first kappa shape index (κ1) is 21.0. The molecule has 1 aromatic rings. The van der Waals surface area contributed by atoms with Crippen molar-refractivity contribution >= 4 is 11.7 Å². The summed E-state index contributed by atoms with van der Waals surface area (Å²) in [7, 11) is 0. The molecule has 32 heavy (non-hydrogen) atoms. The number of aryl methyl sites for hydroxylation is 2. The Morgan fingerprint density at radius 1 is 1.09 bits per heavy atom. The fourth-order valence-electron chi connectivity index (χ4n) is 7.55. The van der Waals surface area contributed by atoms with Gasteiger partial charge in [0, 0.05) is 44.3 Å². The van der Waals surface area contributed by atoms with Crippen molar-refractivity contribution in [1.29, 1.82) is 0 Å². The van der Waals surface area contributed by atoms with Gasteiger partial charge in [-0.25, -0.2) is 0 Å². The SMILES string of the molecule is Cc1ccc(N2CCN(C[C@@H]3C(=O)O[C@@H]4C[C@@]5(C)CCC[C@]6(CO6)[C@H]5C[C@H]34)CC2)cc1C. The smallest absolute Gasteiger partial charge is 0.310 e. The molecule has 1 spiro atoms. The molecule has 0 amide bonds. The van der Waals surface area contributed by atoms with Gasteiger partial charge >= 0.3 is 5.97 Å². The second-order valence-electron chi connectivity index (χ2n) is 11.7. The first-order valence-electron chi connectivity index (χ1n) is 12.8. The predicted molar refractivity (Wildman–Crippen MR) is 125 cm³/mol. The number of esters is 1. The highest BCUT2D eigenvalue weighted by Crippen LogP contribution is 2.62. The van der Waals surface area contributed by atoms with Crippen molar-refractivity contribution < 1.29 is 14.3 Å². The fourth-order valence-corrected chi connectivity index (χ4v) is 7.55. The van der Waals surface area contributed by atoms with E-state index < -0.39 is 0 Å². The summed E-state index contributed by atoms with van der Waals surface area (Å²) in [6.45, 7) is 12.7. The summed E-state index contributed by atoms with van der Waals surface area (Å²) in [6.07, 6.45) is 6.00. The highest BCUT2D eigenvalue weighted by molar-refractivity contribution is 5.75. The number of fused-ring (bicyclic) bond motifs is 3. The highest BCUT2D eigenvalue weighted by Gasteiger charge is 2.65. The largest absolute Gasteiger partial charge is 0.462 e. The molecule has 0 unspecified atom stereocenters. The van der Waals surface area contributed by atoms with E-state index in [9.17, 15) is 4.79 Å². The van der Waals surface area contributed by atoms with Crippen molar-refractivity contribution in [1.82, 2.24) is 4.90 Å². The minimum absolute atomic E-state index is 0.0374. The van der Waals surface area contributed by atoms with Crippen molar-refractivity contribution in [3.8, 4) is 0 Å². The van der Waals surface area contributed by atoms with E-state index in [-0.39, 0.29) is 29.0 Å². The molecule has 0 radical (unpaired) electrons. The van der Waals surface area contributed by atoms with Gasteiger partial charge in [-0.15, -0.1) is 0 Å². The molecule has 1 aromatic carbocycles. The Balaban J connectivity index is 1.11. The molecule has 3 aliphatic heterocycles. The van der Waals surface area contributed by atoms with Gasteiger partial charge in [0.1, 0.15) is 6.10 Å². The van der Waals surface area contributed by atoms with Crippen LogP contribution >= 0.6 is 0 Å². The third kappa shape index (κ3) is 3.38. The molecule has 0 aromatic heterocycles. The summed E-state index contributed by atoms with van der Waals surface area (Å²) in [4.78, 5) is 18.0. The molecule has 2 aliphatic carbocycles. The summed E-state index contributed by atoms with van der Waals surface area (Å²) < 4.78 is 12.1. The monoisotopic (exact) mass is 438 g/mol. The van der Waals surface area contributed by atoms with Crippen LogP contribution in [0, 0.1) is 37.0 Å². The summed E-state index contributed by atoms with van der Waals surface area (Å²) in [6, 6.07) is 6.78. The van der Waals surface area contributed by atoms with Gasteiger partial charge < -0.3 is 14.4 Å². The normalized spacial score (nSPS) is 41.3. The van der Waals surface area contributed by atoms with Crippen molar-refractivity contribution in [2.24, 2.45) is 23.2 Å². The van der Waals surface area contributed by atoms with Gasteiger partial charge in [-0.1, -0.05) is 13.0 Å². The van der Waals surface area contributed by atoms with E-state index >= 15 is 0 Å². The molecular formula is C27H38N2O3. The van der Waals surface area contributed by atoms with Crippen LogP contribution in [0.15, 0.2) is 18.2 Å². The summed E-state index contributed by atoms with van der Waals surface area (Å²) in [5.41, 5.74) is 4.44. The summed E-state index contributed by atoms with van der Waals surface area (Å²) >= 11 is 0. The van der Waals surface area contributed by atoms with Crippen LogP contribution in [0.5, 0.6) is 0 Å². The van der Waals surface area contributed by atoms with Crippen LogP contribution in [0.1, 0.15) is 50.2 Å². The van der Waals surface area contributed by atoms with Crippen molar-refractivity contribution in [2.75, 3.05) is 44.2 Å². The van der Waals surface area contributed by atoms with Crippen molar-refractivity contribution in [2.45, 2.75) is 64.6 Å². The van der Waals surface area contributed by atoms with Gasteiger partial charge in [-0.05, 0) is 80.5 Å². The average Bonchev–Trinajstić information content (AvgIpc) is 3.47. The Labute approximate surface area is 192 Å². The second kappa shape index (κ2) is 7.46. The maximum atomic E-state index is 13.0. The lowest BCUT2D eigenvalue weighted by atomic mass is 9.53. The highest BCUT2D eigenvalue weighted by atomic mass is 16.6. The van der Waals surface area contributed by atoms with E-state index in [1.54, 1.807) is 0 Å². The third-order valence-electron chi connectivity index (χ3n) is 9.76. The van der Waals surface area contributed by atoms with Crippen LogP contribution in [-0.2, 0) is 14.3 Å². The second-order valence-corrected chi connectivity index (χ2v) is 11.7. The number of anilines is 1. The molecule has 6 rings (SSSR count). The molecular weight excluding hydrogens is 400 g/mol. The predicted octanol–water partition coefficient (Wildman–Crippen LogP) is 3.95. The van der Waals surface area contributed by atoms with Crippen LogP contribution in [0.25, 0.3) is 0 Å². The molecule has 5 aliphatic rings. The van der Waals surface area contributed by atoms with Crippen molar-refractivity contribution in [3.63, 3.8) is 0 Å². The van der Waals surface area contributed by atoms with E-state index in [2.05, 4.69) is 48.8 Å². The molecule has 5 heteroatoms. The number of hydrogen-bond acceptors (Lipinski definition) is 5. The zero-order chi connectivity index (χ0) is 22.1. The number of nitrogens with zero attached hydrogens (tertiary/aromatic N) is 2. The van der Waals surface area contributed by atoms with E-state index in [4.69, 9.17) is 9.47 Å². The quantitative estimate of drug-likeness (QED) is 0.528. The Morgan fingerprint density at radius 3 is 2.59 bits per heavy atom. The van der Waals surface area contributed by atoms with Gasteiger partial charge in [0.05, 0.1) is 18.1 Å². The van der Waals surface area contributed by atoms with Crippen LogP contribution in [0.3, 0.4) is 0 Å². The average molecular weight is 439 g/mol. The number of ether oxygens (including phenoxy) is 2. The maximum Gasteiger partial charge on any atom is 0.310 e. The molecule has 5 fully saturated rings. The topological polar surface area (TPSA) is 45.3 Å². The summed E-state index contributed by atoms with van der Waals surface area (Å²) in [5.74, 6) is 1.07. The van der Waals surface area contributed by atoms with Crippen molar-refractivity contribution in [3.05, 3.63) is 29.3 Å². The Hall–Kier alpha value is -1.59. The molecule has 3 heterocycles. The molecule has 6 atom stereocenters. The summed E-state index contributed by atoms with van der Waals surface area (Å²) in [5, 5.41) is 0. The zero-order valence-electron chi connectivity index (χ0n) is 19.9. The fraction of sp³-hybridized carbons (Fsp3) is 0.741. The lowest BCUT2D eigenvalue weighted by Gasteiger charge is -2.51. The lowest BCUT2D eigenvalue weighted by molar-refractivity contribution is -0.147. The minimum atomic E-state index is 0.0374. The van der Waals surface area contributed by atoms with E-state index in [0.717, 1.165) is 52.2 Å². The zero-order valence-corrected chi connectivity index (χ0v) is 19.9. The Bertz CT molecular complexity index is 904. The first-order valence-corrected chi connectivity index (χ1v) is 12.8. The molecule has 2 saturated carbocycles. The number of rotatable bonds is 3. The molecule has 174 valence electrons. The Morgan fingerprint density at radius 2 is 1.88 bits per heavy atom. The third-order valence-corrected chi connectivity index (χ3v) is 9.76. The molecule has 0 N–H and O–H groups in total. The van der Waals surface area contributed by atoms with Gasteiger partial charge in [0.15, 0.2) is 0 Å². The molecule has 3 saturated heterocycles. The number of epoxide rings is 1. The van der Waals surface area contributed by atoms with E-state index in [1.807, 2.05) is 0 Å². The molecule has 5 nitrogen and oxygen atoms in total. The lowest BCUT2D eigenvalue weighted by Crippen LogP contribution is -2.52. The van der Waals surface area contributed by atoms with Crippen LogP contribution in [0.4, 0.5) is 5.69 Å². The number of piperazine rings is 1. The van der Waals surface area contributed by atoms with Crippen LogP contribution < -0.4 is 4.90 Å². The maximum absolute atomic E-state index is 13.0. The van der Waals surface area contributed by atoms with Gasteiger partial charge in [-0.3, -0.25) is 9.69 Å². The van der Waals surface area contributed by atoms with E-state index in [0.29, 0.717) is 11.8 Å². The van der Waals surface area contributed by atoms with Gasteiger partial charge in [0.2, 0.25) is 0 Å².